The summed E-state index contributed by atoms with van der Waals surface area (Å²) < 4.78 is 17.3. The number of hydrogen-bond donors (Lipinski definition) is 1. The lowest BCUT2D eigenvalue weighted by atomic mass is 9.97. The Bertz CT molecular complexity index is 6780. The van der Waals surface area contributed by atoms with E-state index in [1.54, 1.807) is 55.4 Å². The van der Waals surface area contributed by atoms with Gasteiger partial charge in [-0.25, -0.2) is 0 Å². The molecule has 0 saturated carbocycles. The average molecular weight is 1870 g/mol. The van der Waals surface area contributed by atoms with Gasteiger partial charge in [-0.2, -0.15) is 0 Å². The van der Waals surface area contributed by atoms with E-state index in [4.69, 9.17) is 4.74 Å². The molecule has 724 valence electrons. The molecule has 20 rings (SSSR count). The fourth-order valence-electron chi connectivity index (χ4n) is 21.6. The van der Waals surface area contributed by atoms with Gasteiger partial charge < -0.3 is 52.3 Å². The van der Waals surface area contributed by atoms with Crippen molar-refractivity contribution in [3.8, 4) is 0 Å². The molecule has 3 aliphatic heterocycles. The van der Waals surface area contributed by atoms with Crippen LogP contribution in [0.25, 0.3) is 115 Å². The molecule has 10 aromatic carbocycles. The maximum absolute atomic E-state index is 12.4. The number of benzene rings is 10. The first kappa shape index (κ1) is 99.7. The van der Waals surface area contributed by atoms with Gasteiger partial charge in [-0.15, -0.1) is 0 Å². The predicted octanol–water partition coefficient (Wildman–Crippen LogP) is 22.7. The molecule has 0 bridgehead atoms. The molecule has 0 amide bonds. The minimum absolute atomic E-state index is 0.0454. The highest BCUT2D eigenvalue weighted by molar-refractivity contribution is 6.20. The van der Waals surface area contributed by atoms with E-state index in [0.29, 0.717) is 68.7 Å². The fourth-order valence-corrected chi connectivity index (χ4v) is 21.6. The Morgan fingerprint density at radius 2 is 0.676 bits per heavy atom. The number of ether oxygens (including phenoxy) is 1. The van der Waals surface area contributed by atoms with Crippen molar-refractivity contribution in [2.75, 3.05) is 112 Å². The molecular weight excluding hydrogens is 1730 g/mol. The Morgan fingerprint density at radius 3 is 1.03 bits per heavy atom. The number of carbonyl (C=O) groups excluding carboxylic acids is 9. The highest BCUT2D eigenvalue weighted by Gasteiger charge is 2.31. The summed E-state index contributed by atoms with van der Waals surface area (Å²) in [5.74, 6) is 1.14. The number of hydrogen-bond acceptors (Lipinski definition) is 16. The third kappa shape index (κ3) is 21.7. The summed E-state index contributed by atoms with van der Waals surface area (Å²) >= 11 is 0. The molecule has 5 aromatic heterocycles. The molecule has 1 N–H and O–H groups in total. The summed E-state index contributed by atoms with van der Waals surface area (Å²) in [6.07, 6.45) is 12.7. The third-order valence-electron chi connectivity index (χ3n) is 29.8. The van der Waals surface area contributed by atoms with Crippen LogP contribution >= 0.6 is 0 Å². The summed E-state index contributed by atoms with van der Waals surface area (Å²) in [5, 5.41) is 20.5. The number of ketones is 9. The van der Waals surface area contributed by atoms with Gasteiger partial charge in [-0.1, -0.05) is 19.6 Å². The zero-order valence-electron chi connectivity index (χ0n) is 83.7. The number of aromatic nitrogens is 5. The average Bonchev–Trinajstić information content (AvgIpc) is 1.55. The molecule has 2 aliphatic carbocycles. The Balaban J connectivity index is 0.000000126. The zero-order valence-corrected chi connectivity index (χ0v) is 83.7. The molecular formula is C118H136N10O11. The summed E-state index contributed by atoms with van der Waals surface area (Å²) in [7, 11) is 4.28. The van der Waals surface area contributed by atoms with Crippen LogP contribution in [0.2, 0.25) is 0 Å². The zero-order chi connectivity index (χ0) is 98.3. The van der Waals surface area contributed by atoms with Crippen molar-refractivity contribution < 1.29 is 53.0 Å². The van der Waals surface area contributed by atoms with Crippen molar-refractivity contribution in [3.63, 3.8) is 0 Å². The van der Waals surface area contributed by atoms with Crippen LogP contribution < -0.4 is 0 Å². The van der Waals surface area contributed by atoms with Crippen molar-refractivity contribution in [2.24, 2.45) is 5.92 Å². The van der Waals surface area contributed by atoms with Crippen LogP contribution in [0.3, 0.4) is 0 Å². The van der Waals surface area contributed by atoms with Crippen molar-refractivity contribution >= 4 is 167 Å². The summed E-state index contributed by atoms with van der Waals surface area (Å²) in [6, 6.07) is 56.5. The van der Waals surface area contributed by atoms with Crippen LogP contribution in [-0.4, -0.2) is 223 Å². The van der Waals surface area contributed by atoms with Crippen LogP contribution in [0.1, 0.15) is 250 Å². The van der Waals surface area contributed by atoms with E-state index in [1.165, 1.54) is 70.0 Å². The number of nitrogens with zero attached hydrogens (tertiary/aromatic N) is 10. The second kappa shape index (κ2) is 44.0. The number of piperidine rings is 1. The molecule has 15 aromatic rings. The standard InChI is InChI=1S/C25H30N2O3.C25H26N2O2.C23H26N2O2.C23H28N2O2.C22H26N2O2/c1-17(29)20-6-8-24-22(13-20)23-14-21(18(2)30)7-9-25(23)27(24)12-4-11-26-10-3-5-19(15-26)16-28;1-16-2-3-19-17(16)4-7-21-24(19)25-20-6-9-23(28)18(20)5-8-22(25)27(21)11-10-26-12-14-29-15-13-26;1-16(26)18-6-8-22-20(14-18)21-15-19(17(2)27)7-9-23(21)25(22)13-5-12-24-10-3-4-11-24;1-15(2)24(5)11-6-12-25-22-9-7-18(16(3)26)13-20(22)21-14-19(17(4)27)8-10-23(21)25;1-5-23(4)11-6-12-24-21-9-7-17(15(2)25)13-19(21)20-14-18(16(3)26)8-10-22(20)24/h6-9,13-14,19,28H,3-5,10-12,15-16H2,1-2H3;4-5,7-8H,1-3,6,9-15H2;6-9,14-15H,3-5,10-13H2,1-2H3;7-10,13-15H,6,11-12H2,1-5H3;7-10,13-14H,5-6,11-12H2,1-4H3. The van der Waals surface area contributed by atoms with E-state index in [2.05, 4.69) is 125 Å². The molecule has 0 radical (unpaired) electrons. The molecule has 21 nitrogen and oxygen atoms in total. The van der Waals surface area contributed by atoms with E-state index in [9.17, 15) is 48.3 Å². The SMILES string of the molecule is C=C1CCc2c1ccc1c2c2c3c(ccc2n1CCN1CCOCC1)C(=O)CC3.CC(=O)c1ccc2c(c1)c1cc(C(C)=O)ccc1n2CCCN(C)C(C)C.CC(=O)c1ccc2c(c1)c1cc(C(C)=O)ccc1n2CCCN1CCCC(CO)C1.CC(=O)c1ccc2c(c1)c1cc(C(C)=O)ccc1n2CCCN1CCCC1.CCN(C)CCCn1c2ccc(C(C)=O)cc2c2cc(C(C)=O)ccc21. The van der Waals surface area contributed by atoms with Gasteiger partial charge in [0.05, 0.1) is 13.2 Å². The number of Topliss-reactive ketones (excluding diaryl/α,β-unsaturated/α-hetero) is 9. The Labute approximate surface area is 815 Å². The van der Waals surface area contributed by atoms with E-state index in [-0.39, 0.29) is 52.9 Å². The number of allylic oxidation sites excluding steroid dienone is 1. The summed E-state index contributed by atoms with van der Waals surface area (Å²) in [6.45, 7) is 42.9. The molecule has 8 heterocycles. The van der Waals surface area contributed by atoms with Crippen LogP contribution in [0.5, 0.6) is 0 Å². The summed E-state index contributed by atoms with van der Waals surface area (Å²) in [5.41, 5.74) is 23.4. The van der Waals surface area contributed by atoms with Crippen LogP contribution in [0, 0.1) is 5.92 Å². The van der Waals surface area contributed by atoms with E-state index < -0.39 is 0 Å². The number of carbonyl (C=O) groups is 9. The Kier molecular flexibility index (Phi) is 31.6. The lowest BCUT2D eigenvalue weighted by Gasteiger charge is -2.31. The largest absolute Gasteiger partial charge is 0.396 e. The number of morpholine rings is 1. The molecule has 21 heteroatoms. The number of rotatable bonds is 30. The van der Waals surface area contributed by atoms with Gasteiger partial charge in [0.15, 0.2) is 52.0 Å². The number of aryl methyl sites for hydroxylation is 6. The molecule has 3 fully saturated rings. The Morgan fingerprint density at radius 1 is 0.367 bits per heavy atom. The second-order valence-electron chi connectivity index (χ2n) is 39.4. The highest BCUT2D eigenvalue weighted by atomic mass is 16.5. The van der Waals surface area contributed by atoms with Crippen molar-refractivity contribution in [1.82, 2.24) is 47.3 Å². The van der Waals surface area contributed by atoms with Crippen LogP contribution in [0.4, 0.5) is 0 Å². The van der Waals surface area contributed by atoms with Crippen molar-refractivity contribution in [2.45, 2.75) is 192 Å². The minimum atomic E-state index is 0.0454. The van der Waals surface area contributed by atoms with E-state index in [0.717, 1.165) is 262 Å². The van der Waals surface area contributed by atoms with Gasteiger partial charge >= 0.3 is 0 Å². The normalized spacial score (nSPS) is 15.2. The first-order valence-corrected chi connectivity index (χ1v) is 50.3. The van der Waals surface area contributed by atoms with E-state index in [1.807, 2.05) is 133 Å². The van der Waals surface area contributed by atoms with Crippen LogP contribution in [0.15, 0.2) is 176 Å². The molecule has 1 atom stereocenters. The van der Waals surface area contributed by atoms with Gasteiger partial charge in [-0.3, -0.25) is 48.1 Å². The van der Waals surface area contributed by atoms with Gasteiger partial charge in [0.2, 0.25) is 0 Å². The number of likely N-dealkylation sites (tertiary alicyclic amines) is 2. The van der Waals surface area contributed by atoms with Crippen molar-refractivity contribution in [1.29, 1.82) is 0 Å². The molecule has 1 unspecified atom stereocenters. The third-order valence-corrected chi connectivity index (χ3v) is 29.8. The van der Waals surface area contributed by atoms with Gasteiger partial charge in [0.25, 0.3) is 0 Å². The smallest absolute Gasteiger partial charge is 0.163 e. The van der Waals surface area contributed by atoms with E-state index >= 15 is 0 Å². The molecule has 139 heavy (non-hydrogen) atoms. The quantitative estimate of drug-likeness (QED) is 0.0413. The number of aliphatic hydroxyl groups is 1. The lowest BCUT2D eigenvalue weighted by Crippen LogP contribution is -2.38. The van der Waals surface area contributed by atoms with Gasteiger partial charge in [0, 0.05) is 237 Å². The highest BCUT2D eigenvalue weighted by Crippen LogP contribution is 2.45. The van der Waals surface area contributed by atoms with Crippen LogP contribution in [-0.2, 0) is 50.3 Å². The summed E-state index contributed by atoms with van der Waals surface area (Å²) in [4.78, 5) is 119. The first-order valence-electron chi connectivity index (χ1n) is 50.3. The first-order chi connectivity index (χ1) is 66.9. The predicted molar refractivity (Wildman–Crippen MR) is 566 cm³/mol. The monoisotopic (exact) mass is 1870 g/mol. The minimum Gasteiger partial charge on any atom is -0.396 e. The van der Waals surface area contributed by atoms with Gasteiger partial charge in [0.1, 0.15) is 0 Å². The number of fused-ring (bicyclic) bond motifs is 19. The maximum atomic E-state index is 12.4. The lowest BCUT2D eigenvalue weighted by molar-refractivity contribution is 0.0366. The maximum Gasteiger partial charge on any atom is 0.163 e. The Hall–Kier alpha value is -12.3. The topological polar surface area (TPSA) is 224 Å². The molecule has 5 aliphatic rings. The van der Waals surface area contributed by atoms with Gasteiger partial charge in [-0.05, 0) is 398 Å². The fraction of sp³-hybridized carbons (Fsp3) is 0.398. The molecule has 0 spiro atoms. The number of aliphatic hydroxyl groups excluding tert-OH is 1. The molecule has 3 saturated heterocycles. The second-order valence-corrected chi connectivity index (χ2v) is 39.4. The van der Waals surface area contributed by atoms with Crippen molar-refractivity contribution in [3.05, 3.63) is 243 Å².